The van der Waals surface area contributed by atoms with Crippen molar-refractivity contribution in [3.8, 4) is 17.0 Å². The first-order chi connectivity index (χ1) is 20.4. The van der Waals surface area contributed by atoms with Gasteiger partial charge in [-0.15, -0.1) is 24.8 Å². The zero-order chi connectivity index (χ0) is 29.1. The molecule has 0 radical (unpaired) electrons. The molecule has 3 saturated heterocycles. The van der Waals surface area contributed by atoms with E-state index in [4.69, 9.17) is 4.74 Å². The average Bonchev–Trinajstić information content (AvgIpc) is 3.54. The van der Waals surface area contributed by atoms with E-state index in [0.29, 0.717) is 66.5 Å². The Morgan fingerprint density at radius 2 is 1.43 bits per heavy atom. The summed E-state index contributed by atoms with van der Waals surface area (Å²) in [6, 6.07) is 12.3. The van der Waals surface area contributed by atoms with E-state index in [1.54, 1.807) is 34.1 Å². The molecule has 0 bridgehead atoms. The number of pyridine rings is 1. The average molecular weight is 650 g/mol. The number of hydrogen-bond acceptors (Lipinski definition) is 7. The van der Waals surface area contributed by atoms with Crippen molar-refractivity contribution < 1.29 is 23.1 Å². The molecule has 1 aromatic heterocycles. The number of rotatable bonds is 6. The number of carbonyl (C=O) groups excluding carboxylic acids is 2. The van der Waals surface area contributed by atoms with Crippen molar-refractivity contribution in [1.82, 2.24) is 25.4 Å². The van der Waals surface area contributed by atoms with E-state index in [1.165, 1.54) is 30.5 Å². The quantitative estimate of drug-likeness (QED) is 0.422. The van der Waals surface area contributed by atoms with Crippen LogP contribution in [0.25, 0.3) is 11.1 Å². The van der Waals surface area contributed by atoms with Crippen molar-refractivity contribution >= 4 is 42.3 Å². The summed E-state index contributed by atoms with van der Waals surface area (Å²) in [5, 5.41) is 6.53. The number of benzene rings is 2. The van der Waals surface area contributed by atoms with Gasteiger partial charge in [-0.05, 0) is 54.9 Å². The molecule has 2 aromatic carbocycles. The molecule has 2 amide bonds. The van der Waals surface area contributed by atoms with Gasteiger partial charge in [-0.25, -0.2) is 13.8 Å². The summed E-state index contributed by atoms with van der Waals surface area (Å²) < 4.78 is 34.3. The highest BCUT2D eigenvalue weighted by Crippen LogP contribution is 2.31. The van der Waals surface area contributed by atoms with Crippen LogP contribution in [0.4, 0.5) is 14.5 Å². The third kappa shape index (κ3) is 7.58. The van der Waals surface area contributed by atoms with E-state index in [0.717, 1.165) is 39.1 Å². The van der Waals surface area contributed by atoms with Crippen LogP contribution in [-0.4, -0.2) is 98.1 Å². The molecule has 6 rings (SSSR count). The summed E-state index contributed by atoms with van der Waals surface area (Å²) in [7, 11) is 0. The van der Waals surface area contributed by atoms with E-state index >= 15 is 0 Å². The monoisotopic (exact) mass is 648 g/mol. The topological polar surface area (TPSA) is 90.0 Å². The van der Waals surface area contributed by atoms with Crippen LogP contribution in [0.15, 0.2) is 54.7 Å². The molecule has 44 heavy (non-hydrogen) atoms. The summed E-state index contributed by atoms with van der Waals surface area (Å²) in [6.07, 6.45) is 2.32. The molecule has 3 aromatic rings. The molecular formula is C31H36Cl2F2N6O3. The van der Waals surface area contributed by atoms with Crippen LogP contribution in [0.2, 0.25) is 0 Å². The third-order valence-corrected chi connectivity index (χ3v) is 8.01. The second-order valence-electron chi connectivity index (χ2n) is 10.8. The van der Waals surface area contributed by atoms with Gasteiger partial charge in [0.2, 0.25) is 5.88 Å². The summed E-state index contributed by atoms with van der Waals surface area (Å²) in [6.45, 7) is 6.02. The van der Waals surface area contributed by atoms with Crippen LogP contribution in [0, 0.1) is 11.6 Å². The molecule has 3 aliphatic heterocycles. The smallest absolute Gasteiger partial charge is 0.255 e. The fourth-order valence-corrected chi connectivity index (χ4v) is 5.67. The van der Waals surface area contributed by atoms with Crippen molar-refractivity contribution in [2.45, 2.75) is 12.5 Å². The van der Waals surface area contributed by atoms with Crippen molar-refractivity contribution in [2.75, 3.05) is 70.3 Å². The van der Waals surface area contributed by atoms with Crippen molar-refractivity contribution in [2.24, 2.45) is 0 Å². The van der Waals surface area contributed by atoms with Gasteiger partial charge in [-0.3, -0.25) is 9.59 Å². The maximum Gasteiger partial charge on any atom is 0.255 e. The molecule has 1 atom stereocenters. The maximum atomic E-state index is 14.5. The molecule has 2 N–H and O–H groups in total. The molecule has 4 heterocycles. The highest BCUT2D eigenvalue weighted by atomic mass is 35.5. The lowest BCUT2D eigenvalue weighted by Gasteiger charge is -2.35. The number of nitrogens with zero attached hydrogens (tertiary/aromatic N) is 4. The summed E-state index contributed by atoms with van der Waals surface area (Å²) in [4.78, 5) is 36.7. The molecule has 9 nitrogen and oxygen atoms in total. The van der Waals surface area contributed by atoms with Crippen LogP contribution in [0.1, 0.15) is 27.1 Å². The Kier molecular flexibility index (Phi) is 11.4. The van der Waals surface area contributed by atoms with E-state index in [2.05, 4.69) is 20.5 Å². The number of carbonyl (C=O) groups is 2. The Balaban J connectivity index is 0.00000221. The van der Waals surface area contributed by atoms with Gasteiger partial charge in [0.1, 0.15) is 17.7 Å². The lowest BCUT2D eigenvalue weighted by atomic mass is 10.0. The van der Waals surface area contributed by atoms with E-state index in [9.17, 15) is 18.4 Å². The Labute approximate surface area is 267 Å². The Hall–Kier alpha value is -3.51. The van der Waals surface area contributed by atoms with Gasteiger partial charge in [-0.1, -0.05) is 12.1 Å². The summed E-state index contributed by atoms with van der Waals surface area (Å²) in [5.74, 6) is -0.853. The van der Waals surface area contributed by atoms with Gasteiger partial charge in [0.25, 0.3) is 11.8 Å². The van der Waals surface area contributed by atoms with Crippen molar-refractivity contribution in [1.29, 1.82) is 0 Å². The third-order valence-electron chi connectivity index (χ3n) is 8.01. The minimum Gasteiger partial charge on any atom is -0.473 e. The molecule has 0 spiro atoms. The van der Waals surface area contributed by atoms with Gasteiger partial charge in [0.05, 0.1) is 5.56 Å². The largest absolute Gasteiger partial charge is 0.473 e. The summed E-state index contributed by atoms with van der Waals surface area (Å²) in [5.41, 5.74) is 2.72. The number of amides is 2. The summed E-state index contributed by atoms with van der Waals surface area (Å²) >= 11 is 0. The molecule has 0 saturated carbocycles. The molecule has 3 fully saturated rings. The maximum absolute atomic E-state index is 14.5. The Morgan fingerprint density at radius 3 is 2.07 bits per heavy atom. The molecule has 0 aliphatic carbocycles. The highest BCUT2D eigenvalue weighted by Gasteiger charge is 2.28. The molecule has 0 unspecified atom stereocenters. The molecular weight excluding hydrogens is 613 g/mol. The van der Waals surface area contributed by atoms with Crippen molar-refractivity contribution in [3.63, 3.8) is 0 Å². The second-order valence-corrected chi connectivity index (χ2v) is 10.8. The number of anilines is 1. The molecule has 13 heteroatoms. The second kappa shape index (κ2) is 15.0. The van der Waals surface area contributed by atoms with Gasteiger partial charge in [0.15, 0.2) is 0 Å². The van der Waals surface area contributed by atoms with Crippen LogP contribution >= 0.6 is 24.8 Å². The first-order valence-electron chi connectivity index (χ1n) is 14.4. The first-order valence-corrected chi connectivity index (χ1v) is 14.4. The lowest BCUT2D eigenvalue weighted by molar-refractivity contribution is 0.0535. The molecule has 3 aliphatic rings. The van der Waals surface area contributed by atoms with Crippen LogP contribution in [0.5, 0.6) is 5.88 Å². The van der Waals surface area contributed by atoms with Gasteiger partial charge in [0, 0.05) is 81.9 Å². The number of nitrogens with one attached hydrogen (secondary N) is 2. The fourth-order valence-electron chi connectivity index (χ4n) is 5.67. The van der Waals surface area contributed by atoms with Gasteiger partial charge < -0.3 is 30.1 Å². The predicted octanol–water partition coefficient (Wildman–Crippen LogP) is 3.62. The van der Waals surface area contributed by atoms with Crippen molar-refractivity contribution in [3.05, 3.63) is 77.5 Å². The van der Waals surface area contributed by atoms with Crippen LogP contribution in [0.3, 0.4) is 0 Å². The lowest BCUT2D eigenvalue weighted by Crippen LogP contribution is -2.50. The number of ether oxygens (including phenoxy) is 1. The van der Waals surface area contributed by atoms with Gasteiger partial charge in [-0.2, -0.15) is 0 Å². The van der Waals surface area contributed by atoms with E-state index < -0.39 is 5.82 Å². The molecule has 236 valence electrons. The standard InChI is InChI=1S/C31H34F2N6O3.2ClH/c32-24-3-1-21(2-4-24)28-17-23(19-36-29(28)42-27-5-6-35-20-27)31(41)39-13-11-38(12-14-39)30(40)22-15-25(33)18-26(16-22)37-9-7-34-8-10-37;;/h1-4,15-19,27,34-35H,5-14,20H2;2*1H/t27-;;/m0../s1. The number of hydrogen-bond donors (Lipinski definition) is 2. The van der Waals surface area contributed by atoms with Crippen LogP contribution in [-0.2, 0) is 0 Å². The number of halogens is 4. The minimum absolute atomic E-state index is 0. The highest BCUT2D eigenvalue weighted by molar-refractivity contribution is 5.97. The predicted molar refractivity (Wildman–Crippen MR) is 169 cm³/mol. The van der Waals surface area contributed by atoms with E-state index in [1.807, 2.05) is 0 Å². The Bertz CT molecular complexity index is 1440. The first kappa shape index (κ1) is 33.4. The SMILES string of the molecule is Cl.Cl.O=C(c1cc(F)cc(N2CCNCC2)c1)N1CCN(C(=O)c2cnc(O[C@H]3CCNC3)c(-c3ccc(F)cc3)c2)CC1. The zero-order valence-electron chi connectivity index (χ0n) is 24.1. The van der Waals surface area contributed by atoms with E-state index in [-0.39, 0.29) is 48.5 Å². The van der Waals surface area contributed by atoms with Gasteiger partial charge >= 0.3 is 0 Å². The number of aromatic nitrogens is 1. The van der Waals surface area contributed by atoms with Crippen LogP contribution < -0.4 is 20.3 Å². The minimum atomic E-state index is -0.440. The zero-order valence-corrected chi connectivity index (χ0v) is 25.8. The Morgan fingerprint density at radius 1 is 0.773 bits per heavy atom. The number of piperazine rings is 2. The fraction of sp³-hybridized carbons (Fsp3) is 0.387. The normalized spacial score (nSPS) is 18.3.